The van der Waals surface area contributed by atoms with Gasteiger partial charge in [-0.25, -0.2) is 9.37 Å². The summed E-state index contributed by atoms with van der Waals surface area (Å²) in [5, 5.41) is 6.99. The molecule has 8 heteroatoms. The summed E-state index contributed by atoms with van der Waals surface area (Å²) in [6.45, 7) is 5.05. The summed E-state index contributed by atoms with van der Waals surface area (Å²) >= 11 is 0. The average Bonchev–Trinajstić information content (AvgIpc) is 3.18. The van der Waals surface area contributed by atoms with Gasteiger partial charge in [-0.2, -0.15) is 5.10 Å². The zero-order valence-corrected chi connectivity index (χ0v) is 15.8. The fourth-order valence-electron chi connectivity index (χ4n) is 2.61. The van der Waals surface area contributed by atoms with Gasteiger partial charge in [-0.1, -0.05) is 6.07 Å². The highest BCUT2D eigenvalue weighted by atomic mass is 19.1. The van der Waals surface area contributed by atoms with Gasteiger partial charge in [0.05, 0.1) is 19.3 Å². The van der Waals surface area contributed by atoms with Gasteiger partial charge >= 0.3 is 0 Å². The maximum atomic E-state index is 12.9. The summed E-state index contributed by atoms with van der Waals surface area (Å²) < 4.78 is 29.7. The molecule has 0 aliphatic heterocycles. The maximum Gasteiger partial charge on any atom is 0.172 e. The number of nitrogens with two attached hydrogens (primary N) is 1. The number of aromatic nitrogens is 3. The number of nitrogens with zero attached hydrogens (tertiary/aromatic N) is 2. The summed E-state index contributed by atoms with van der Waals surface area (Å²) in [6.07, 6.45) is 0. The second-order valence-electron chi connectivity index (χ2n) is 5.93. The van der Waals surface area contributed by atoms with E-state index in [1.165, 1.54) is 12.1 Å². The molecule has 1 atom stereocenters. The molecule has 0 aliphatic carbocycles. The molecule has 0 spiro atoms. The van der Waals surface area contributed by atoms with Gasteiger partial charge in [0, 0.05) is 0 Å². The van der Waals surface area contributed by atoms with Gasteiger partial charge < -0.3 is 19.9 Å². The molecule has 3 N–H and O–H groups in total. The Bertz CT molecular complexity index is 899. The zero-order chi connectivity index (χ0) is 19.9. The SMILES string of the molecule is CCOc1ccc(C(N)c2n[nH]c(COc3ccc(F)cc3)n2)cc1OCC. The summed E-state index contributed by atoms with van der Waals surface area (Å²) in [4.78, 5) is 4.39. The van der Waals surface area contributed by atoms with Crippen molar-refractivity contribution in [2.45, 2.75) is 26.5 Å². The van der Waals surface area contributed by atoms with E-state index in [4.69, 9.17) is 19.9 Å². The predicted octanol–water partition coefficient (Wildman–Crippen LogP) is 3.37. The fraction of sp³-hybridized carbons (Fsp3) is 0.300. The molecule has 0 saturated carbocycles. The third-order valence-corrected chi connectivity index (χ3v) is 3.94. The van der Waals surface area contributed by atoms with E-state index in [0.29, 0.717) is 42.1 Å². The standard InChI is InChI=1S/C20H23FN4O3/c1-3-26-16-10-5-13(11-17(16)27-4-2)19(22)20-23-18(24-25-20)12-28-15-8-6-14(21)7-9-15/h5-11,19H,3-4,12,22H2,1-2H3,(H,23,24,25). The molecule has 3 aromatic rings. The van der Waals surface area contributed by atoms with Gasteiger partial charge in [0.2, 0.25) is 0 Å². The van der Waals surface area contributed by atoms with E-state index < -0.39 is 6.04 Å². The van der Waals surface area contributed by atoms with Crippen LogP contribution in [0.5, 0.6) is 17.2 Å². The Morgan fingerprint density at radius 1 is 1.00 bits per heavy atom. The molecule has 1 aromatic heterocycles. The van der Waals surface area contributed by atoms with Crippen LogP contribution in [-0.4, -0.2) is 28.4 Å². The maximum absolute atomic E-state index is 12.9. The Morgan fingerprint density at radius 2 is 1.71 bits per heavy atom. The van der Waals surface area contributed by atoms with Gasteiger partial charge in [-0.15, -0.1) is 0 Å². The van der Waals surface area contributed by atoms with Crippen LogP contribution in [0.15, 0.2) is 42.5 Å². The van der Waals surface area contributed by atoms with E-state index >= 15 is 0 Å². The van der Waals surface area contributed by atoms with Gasteiger partial charge in [0.25, 0.3) is 0 Å². The lowest BCUT2D eigenvalue weighted by atomic mass is 10.1. The first-order chi connectivity index (χ1) is 13.6. The monoisotopic (exact) mass is 386 g/mol. The Balaban J connectivity index is 1.70. The first kappa shape index (κ1) is 19.6. The van der Waals surface area contributed by atoms with E-state index in [9.17, 15) is 4.39 Å². The summed E-state index contributed by atoms with van der Waals surface area (Å²) in [5.74, 6) is 2.48. The van der Waals surface area contributed by atoms with E-state index in [-0.39, 0.29) is 12.4 Å². The van der Waals surface area contributed by atoms with Crippen LogP contribution in [-0.2, 0) is 6.61 Å². The number of H-pyrrole nitrogens is 1. The molecular formula is C20H23FN4O3. The topological polar surface area (TPSA) is 95.3 Å². The van der Waals surface area contributed by atoms with Gasteiger partial charge in [0.15, 0.2) is 23.1 Å². The zero-order valence-electron chi connectivity index (χ0n) is 15.8. The summed E-state index contributed by atoms with van der Waals surface area (Å²) in [5.41, 5.74) is 7.12. The predicted molar refractivity (Wildman–Crippen MR) is 102 cm³/mol. The highest BCUT2D eigenvalue weighted by Crippen LogP contribution is 2.31. The normalized spacial score (nSPS) is 11.9. The number of aromatic amines is 1. The van der Waals surface area contributed by atoms with Gasteiger partial charge in [-0.3, -0.25) is 5.10 Å². The van der Waals surface area contributed by atoms with Crippen LogP contribution in [0.4, 0.5) is 4.39 Å². The number of halogens is 1. The molecule has 1 unspecified atom stereocenters. The summed E-state index contributed by atoms with van der Waals surface area (Å²) in [6, 6.07) is 10.8. The highest BCUT2D eigenvalue weighted by molar-refractivity contribution is 5.44. The third kappa shape index (κ3) is 4.77. The van der Waals surface area contributed by atoms with Crippen molar-refractivity contribution in [3.63, 3.8) is 0 Å². The average molecular weight is 386 g/mol. The molecule has 0 radical (unpaired) electrons. The highest BCUT2D eigenvalue weighted by Gasteiger charge is 2.17. The summed E-state index contributed by atoms with van der Waals surface area (Å²) in [7, 11) is 0. The Hall–Kier alpha value is -3.13. The van der Waals surface area contributed by atoms with Crippen LogP contribution >= 0.6 is 0 Å². The molecule has 0 fully saturated rings. The van der Waals surface area contributed by atoms with Crippen LogP contribution in [0.1, 0.15) is 37.1 Å². The Labute approximate surface area is 162 Å². The molecule has 2 aromatic carbocycles. The number of hydrogen-bond acceptors (Lipinski definition) is 6. The fourth-order valence-corrected chi connectivity index (χ4v) is 2.61. The van der Waals surface area contributed by atoms with Crippen LogP contribution in [0, 0.1) is 5.82 Å². The lowest BCUT2D eigenvalue weighted by molar-refractivity contribution is 0.287. The van der Waals surface area contributed by atoms with Crippen LogP contribution in [0.3, 0.4) is 0 Å². The molecule has 7 nitrogen and oxygen atoms in total. The van der Waals surface area contributed by atoms with E-state index in [1.54, 1.807) is 12.1 Å². The quantitative estimate of drug-likeness (QED) is 0.585. The molecule has 0 amide bonds. The minimum absolute atomic E-state index is 0.166. The van der Waals surface area contributed by atoms with Crippen LogP contribution in [0.25, 0.3) is 0 Å². The Morgan fingerprint density at radius 3 is 2.43 bits per heavy atom. The minimum atomic E-state index is -0.536. The van der Waals surface area contributed by atoms with E-state index in [0.717, 1.165) is 5.56 Å². The molecule has 0 saturated heterocycles. The molecule has 0 bridgehead atoms. The lowest BCUT2D eigenvalue weighted by Gasteiger charge is -2.14. The number of nitrogens with one attached hydrogen (secondary N) is 1. The molecule has 28 heavy (non-hydrogen) atoms. The van der Waals surface area contributed by atoms with Gasteiger partial charge in [-0.05, 0) is 55.8 Å². The van der Waals surface area contributed by atoms with Crippen molar-refractivity contribution in [3.05, 3.63) is 65.5 Å². The van der Waals surface area contributed by atoms with E-state index in [2.05, 4.69) is 15.2 Å². The van der Waals surface area contributed by atoms with Gasteiger partial charge in [0.1, 0.15) is 18.2 Å². The minimum Gasteiger partial charge on any atom is -0.490 e. The number of rotatable bonds is 9. The Kier molecular flexibility index (Phi) is 6.44. The van der Waals surface area contributed by atoms with Crippen molar-refractivity contribution in [3.8, 4) is 17.2 Å². The molecule has 148 valence electrons. The van der Waals surface area contributed by atoms with Crippen molar-refractivity contribution in [2.24, 2.45) is 5.73 Å². The molecule has 1 heterocycles. The molecule has 3 rings (SSSR count). The smallest absolute Gasteiger partial charge is 0.172 e. The van der Waals surface area contributed by atoms with Crippen molar-refractivity contribution < 1.29 is 18.6 Å². The first-order valence-electron chi connectivity index (χ1n) is 9.05. The van der Waals surface area contributed by atoms with E-state index in [1.807, 2.05) is 32.0 Å². The second kappa shape index (κ2) is 9.18. The van der Waals surface area contributed by atoms with Crippen molar-refractivity contribution >= 4 is 0 Å². The number of hydrogen-bond donors (Lipinski definition) is 2. The molecule has 0 aliphatic rings. The van der Waals surface area contributed by atoms with Crippen molar-refractivity contribution in [1.82, 2.24) is 15.2 Å². The van der Waals surface area contributed by atoms with Crippen molar-refractivity contribution in [1.29, 1.82) is 0 Å². The van der Waals surface area contributed by atoms with Crippen LogP contribution in [0.2, 0.25) is 0 Å². The number of ether oxygens (including phenoxy) is 3. The third-order valence-electron chi connectivity index (χ3n) is 3.94. The number of benzene rings is 2. The van der Waals surface area contributed by atoms with Crippen LogP contribution < -0.4 is 19.9 Å². The first-order valence-corrected chi connectivity index (χ1v) is 9.05. The lowest BCUT2D eigenvalue weighted by Crippen LogP contribution is -2.14. The largest absolute Gasteiger partial charge is 0.490 e. The molecular weight excluding hydrogens is 363 g/mol. The second-order valence-corrected chi connectivity index (χ2v) is 5.93. The van der Waals surface area contributed by atoms with Crippen molar-refractivity contribution in [2.75, 3.05) is 13.2 Å².